The third-order valence-corrected chi connectivity index (χ3v) is 7.17. The van der Waals surface area contributed by atoms with Crippen LogP contribution in [0.5, 0.6) is 0 Å². The zero-order valence-electron chi connectivity index (χ0n) is 17.8. The molecule has 0 unspecified atom stereocenters. The summed E-state index contributed by atoms with van der Waals surface area (Å²) >= 11 is 1.20. The molecule has 5 rings (SSSR count). The van der Waals surface area contributed by atoms with Crippen molar-refractivity contribution in [2.24, 2.45) is 0 Å². The van der Waals surface area contributed by atoms with Crippen molar-refractivity contribution in [3.8, 4) is 16.1 Å². The van der Waals surface area contributed by atoms with Gasteiger partial charge < -0.3 is 9.80 Å². The van der Waals surface area contributed by atoms with Crippen molar-refractivity contribution in [3.05, 3.63) is 76.8 Å². The average molecular weight is 453 g/mol. The van der Waals surface area contributed by atoms with Crippen LogP contribution in [-0.2, 0) is 0 Å². The fourth-order valence-corrected chi connectivity index (χ4v) is 5.24. The lowest BCUT2D eigenvalue weighted by Gasteiger charge is -2.21. The van der Waals surface area contributed by atoms with Crippen LogP contribution in [0.15, 0.2) is 59.7 Å². The summed E-state index contributed by atoms with van der Waals surface area (Å²) in [5.41, 5.74) is 0.766. The maximum absolute atomic E-state index is 14.2. The smallest absolute Gasteiger partial charge is 0.273 e. The van der Waals surface area contributed by atoms with Gasteiger partial charge in [0, 0.05) is 47.2 Å². The highest BCUT2D eigenvalue weighted by atomic mass is 32.1. The topological polar surface area (TPSA) is 41.4 Å². The van der Waals surface area contributed by atoms with Crippen LogP contribution in [0, 0.1) is 11.6 Å². The number of rotatable bonds is 4. The van der Waals surface area contributed by atoms with Gasteiger partial charge >= 0.3 is 0 Å². The van der Waals surface area contributed by atoms with Crippen LogP contribution in [0.4, 0.5) is 14.6 Å². The summed E-state index contributed by atoms with van der Waals surface area (Å²) in [4.78, 5) is 22.8. The number of aromatic nitrogens is 2. The van der Waals surface area contributed by atoms with Crippen molar-refractivity contribution >= 4 is 27.2 Å². The number of fused-ring (bicyclic) bond motifs is 1. The van der Waals surface area contributed by atoms with Crippen molar-refractivity contribution in [2.45, 2.75) is 12.5 Å². The van der Waals surface area contributed by atoms with Gasteiger partial charge in [-0.05, 0) is 56.9 Å². The third kappa shape index (κ3) is 3.69. The zero-order valence-corrected chi connectivity index (χ0v) is 18.6. The molecule has 0 bridgehead atoms. The lowest BCUT2D eigenvalue weighted by Crippen LogP contribution is -2.31. The second kappa shape index (κ2) is 8.11. The van der Waals surface area contributed by atoms with E-state index in [0.717, 1.165) is 36.8 Å². The summed E-state index contributed by atoms with van der Waals surface area (Å²) in [5.74, 6) is -0.371. The van der Waals surface area contributed by atoms with Gasteiger partial charge in [0.25, 0.3) is 5.56 Å². The van der Waals surface area contributed by atoms with Crippen molar-refractivity contribution in [1.82, 2.24) is 14.5 Å². The molecule has 0 aliphatic carbocycles. The Labute approximate surface area is 188 Å². The van der Waals surface area contributed by atoms with Crippen LogP contribution in [0.2, 0.25) is 0 Å². The second-order valence-electron chi connectivity index (χ2n) is 8.24. The first-order valence-corrected chi connectivity index (χ1v) is 11.2. The molecule has 164 valence electrons. The first-order valence-electron chi connectivity index (χ1n) is 10.4. The molecule has 4 heterocycles. The molecule has 1 aliphatic heterocycles. The summed E-state index contributed by atoms with van der Waals surface area (Å²) < 4.78 is 29.5. The molecule has 0 radical (unpaired) electrons. The Kier molecular flexibility index (Phi) is 5.27. The highest BCUT2D eigenvalue weighted by Gasteiger charge is 2.24. The first-order chi connectivity index (χ1) is 15.4. The summed E-state index contributed by atoms with van der Waals surface area (Å²) in [6, 6.07) is 11.4. The Morgan fingerprint density at radius 3 is 2.66 bits per heavy atom. The van der Waals surface area contributed by atoms with E-state index >= 15 is 0 Å². The molecule has 3 aromatic heterocycles. The standard InChI is InChI=1S/C24H22F2N4OS/c1-28(2)18-8-9-29(14-18)22-6-4-17(13-27-22)30-10-7-15-11-21(32-23(15)24(30)31)19-5-3-16(25)12-20(19)26/h3-7,10-13,18H,8-9,14H2,1-2H3/t18-/m1/s1. The van der Waals surface area contributed by atoms with E-state index in [1.54, 1.807) is 23.0 Å². The number of pyridine rings is 2. The minimum atomic E-state index is -0.643. The quantitative estimate of drug-likeness (QED) is 0.456. The van der Waals surface area contributed by atoms with Gasteiger partial charge in [-0.25, -0.2) is 13.8 Å². The fourth-order valence-electron chi connectivity index (χ4n) is 4.13. The molecular weight excluding hydrogens is 430 g/mol. The summed E-state index contributed by atoms with van der Waals surface area (Å²) in [5, 5.41) is 0.728. The van der Waals surface area contributed by atoms with E-state index in [1.165, 1.54) is 23.5 Å². The molecule has 4 aromatic rings. The highest BCUT2D eigenvalue weighted by Crippen LogP contribution is 2.33. The van der Waals surface area contributed by atoms with Gasteiger partial charge in [-0.1, -0.05) is 0 Å². The molecule has 1 aromatic carbocycles. The molecule has 0 amide bonds. The Hall–Kier alpha value is -3.10. The third-order valence-electron chi connectivity index (χ3n) is 6.00. The van der Waals surface area contributed by atoms with Crippen molar-refractivity contribution in [2.75, 3.05) is 32.1 Å². The Morgan fingerprint density at radius 2 is 1.97 bits per heavy atom. The maximum Gasteiger partial charge on any atom is 0.273 e. The van der Waals surface area contributed by atoms with Crippen LogP contribution >= 0.6 is 11.3 Å². The number of likely N-dealkylation sites (N-methyl/N-ethyl adjacent to an activating group) is 1. The van der Waals surface area contributed by atoms with Crippen molar-refractivity contribution < 1.29 is 8.78 Å². The fraction of sp³-hybridized carbons (Fsp3) is 0.250. The average Bonchev–Trinajstić information content (AvgIpc) is 3.42. The normalized spacial score (nSPS) is 16.4. The van der Waals surface area contributed by atoms with Crippen molar-refractivity contribution in [1.29, 1.82) is 0 Å². The summed E-state index contributed by atoms with van der Waals surface area (Å²) in [7, 11) is 4.18. The molecule has 1 aliphatic rings. The van der Waals surface area contributed by atoms with E-state index in [9.17, 15) is 13.6 Å². The molecule has 1 saturated heterocycles. The second-order valence-corrected chi connectivity index (χ2v) is 9.29. The van der Waals surface area contributed by atoms with E-state index in [4.69, 9.17) is 0 Å². The molecule has 0 N–H and O–H groups in total. The molecular formula is C24H22F2N4OS. The number of halogens is 2. The zero-order chi connectivity index (χ0) is 22.4. The van der Waals surface area contributed by atoms with Crippen LogP contribution in [0.25, 0.3) is 26.2 Å². The van der Waals surface area contributed by atoms with E-state index in [1.807, 2.05) is 18.2 Å². The van der Waals surface area contributed by atoms with Crippen LogP contribution in [0.3, 0.4) is 0 Å². The molecule has 1 atom stereocenters. The van der Waals surface area contributed by atoms with E-state index in [-0.39, 0.29) is 11.1 Å². The molecule has 0 spiro atoms. The number of thiophene rings is 1. The lowest BCUT2D eigenvalue weighted by atomic mass is 10.1. The first kappa shape index (κ1) is 20.8. The van der Waals surface area contributed by atoms with Gasteiger partial charge in [-0.15, -0.1) is 11.3 Å². The molecule has 1 fully saturated rings. The summed E-state index contributed by atoms with van der Waals surface area (Å²) in [6.07, 6.45) is 4.51. The monoisotopic (exact) mass is 452 g/mol. The minimum absolute atomic E-state index is 0.190. The number of benzene rings is 1. The van der Waals surface area contributed by atoms with Gasteiger partial charge in [0.05, 0.1) is 11.9 Å². The number of nitrogens with zero attached hydrogens (tertiary/aromatic N) is 4. The number of anilines is 1. The minimum Gasteiger partial charge on any atom is -0.355 e. The number of hydrogen-bond acceptors (Lipinski definition) is 5. The predicted octanol–water partition coefficient (Wildman–Crippen LogP) is 4.53. The van der Waals surface area contributed by atoms with Crippen LogP contribution in [-0.4, -0.2) is 47.7 Å². The van der Waals surface area contributed by atoms with E-state index in [2.05, 4.69) is 28.9 Å². The Morgan fingerprint density at radius 1 is 1.12 bits per heavy atom. The Bertz CT molecular complexity index is 1350. The largest absolute Gasteiger partial charge is 0.355 e. The molecule has 32 heavy (non-hydrogen) atoms. The lowest BCUT2D eigenvalue weighted by molar-refractivity contribution is 0.315. The van der Waals surface area contributed by atoms with Gasteiger partial charge in [0.2, 0.25) is 0 Å². The molecule has 0 saturated carbocycles. The van der Waals surface area contributed by atoms with Crippen LogP contribution in [0.1, 0.15) is 6.42 Å². The SMILES string of the molecule is CN(C)[C@@H]1CCN(c2ccc(-n3ccc4cc(-c5ccc(F)cc5F)sc4c3=O)cn2)C1. The van der Waals surface area contributed by atoms with Gasteiger partial charge in [0.15, 0.2) is 0 Å². The van der Waals surface area contributed by atoms with Gasteiger partial charge in [0.1, 0.15) is 22.2 Å². The predicted molar refractivity (Wildman–Crippen MR) is 125 cm³/mol. The van der Waals surface area contributed by atoms with Crippen molar-refractivity contribution in [3.63, 3.8) is 0 Å². The van der Waals surface area contributed by atoms with Crippen LogP contribution < -0.4 is 10.5 Å². The maximum atomic E-state index is 14.2. The Balaban J connectivity index is 1.46. The highest BCUT2D eigenvalue weighted by molar-refractivity contribution is 7.22. The van der Waals surface area contributed by atoms with Gasteiger partial charge in [-0.2, -0.15) is 0 Å². The van der Waals surface area contributed by atoms with Gasteiger partial charge in [-0.3, -0.25) is 9.36 Å². The van der Waals surface area contributed by atoms with E-state index in [0.29, 0.717) is 21.3 Å². The number of hydrogen-bond donors (Lipinski definition) is 0. The molecule has 8 heteroatoms. The van der Waals surface area contributed by atoms with E-state index < -0.39 is 11.6 Å². The summed E-state index contributed by atoms with van der Waals surface area (Å²) in [6.45, 7) is 1.89. The molecule has 5 nitrogen and oxygen atoms in total.